The van der Waals surface area contributed by atoms with Crippen molar-refractivity contribution >= 4 is 0 Å². The van der Waals surface area contributed by atoms with E-state index < -0.39 is 0 Å². The molecule has 0 unspecified atom stereocenters. The Labute approximate surface area is 123 Å². The molecule has 1 aromatic carbocycles. The summed E-state index contributed by atoms with van der Waals surface area (Å²) in [7, 11) is 0. The number of hydrogen-bond acceptors (Lipinski definition) is 2. The van der Waals surface area contributed by atoms with E-state index in [2.05, 4.69) is 13.8 Å². The van der Waals surface area contributed by atoms with Gasteiger partial charge in [-0.2, -0.15) is 0 Å². The molecule has 1 rings (SSSR count). The van der Waals surface area contributed by atoms with Crippen molar-refractivity contribution in [3.63, 3.8) is 0 Å². The Kier molecular flexibility index (Phi) is 7.50. The van der Waals surface area contributed by atoms with E-state index in [9.17, 15) is 10.2 Å². The molecule has 0 fully saturated rings. The molecule has 0 heterocycles. The highest BCUT2D eigenvalue weighted by Gasteiger charge is 2.15. The second-order valence-corrected chi connectivity index (χ2v) is 5.63. The molecule has 0 saturated carbocycles. The number of aromatic hydroxyl groups is 2. The highest BCUT2D eigenvalue weighted by atomic mass is 16.3. The van der Waals surface area contributed by atoms with Crippen LogP contribution in [0, 0.1) is 0 Å². The predicted molar refractivity (Wildman–Crippen MR) is 85.6 cm³/mol. The lowest BCUT2D eigenvalue weighted by molar-refractivity contribution is 0.398. The van der Waals surface area contributed by atoms with Crippen molar-refractivity contribution in [1.29, 1.82) is 0 Å². The van der Waals surface area contributed by atoms with Gasteiger partial charge < -0.3 is 10.2 Å². The van der Waals surface area contributed by atoms with Crippen LogP contribution in [0.4, 0.5) is 0 Å². The van der Waals surface area contributed by atoms with E-state index in [0.29, 0.717) is 0 Å². The van der Waals surface area contributed by atoms with Crippen LogP contribution in [0.2, 0.25) is 0 Å². The van der Waals surface area contributed by atoms with Crippen LogP contribution in [0.5, 0.6) is 11.5 Å². The van der Waals surface area contributed by atoms with Crippen LogP contribution in [-0.4, -0.2) is 10.2 Å². The summed E-state index contributed by atoms with van der Waals surface area (Å²) in [5.74, 6) is 0.144. The number of aryl methyl sites for hydroxylation is 1. The van der Waals surface area contributed by atoms with Crippen LogP contribution in [-0.2, 0) is 19.3 Å². The summed E-state index contributed by atoms with van der Waals surface area (Å²) in [5, 5.41) is 20.0. The lowest BCUT2D eigenvalue weighted by Crippen LogP contribution is -2.01. The standard InChI is InChI=1S/C18H30O2/c1-4-7-9-11-14-13-17(19)18(20)15(6-3)16(14)12-10-8-5-2/h13,19-20H,4-12H2,1-3H3. The van der Waals surface area contributed by atoms with E-state index in [1.54, 1.807) is 6.07 Å². The molecule has 0 amide bonds. The van der Waals surface area contributed by atoms with Gasteiger partial charge in [-0.3, -0.25) is 0 Å². The largest absolute Gasteiger partial charge is 0.504 e. The van der Waals surface area contributed by atoms with Gasteiger partial charge in [0.25, 0.3) is 0 Å². The molecule has 0 radical (unpaired) electrons. The van der Waals surface area contributed by atoms with Crippen LogP contribution in [0.15, 0.2) is 6.07 Å². The summed E-state index contributed by atoms with van der Waals surface area (Å²) < 4.78 is 0. The predicted octanol–water partition coefficient (Wildman–Crippen LogP) is 5.13. The summed E-state index contributed by atoms with van der Waals surface area (Å²) in [6.45, 7) is 6.46. The highest BCUT2D eigenvalue weighted by molar-refractivity contribution is 5.53. The minimum Gasteiger partial charge on any atom is -0.504 e. The van der Waals surface area contributed by atoms with Crippen molar-refractivity contribution in [1.82, 2.24) is 0 Å². The first-order chi connectivity index (χ1) is 9.65. The van der Waals surface area contributed by atoms with Gasteiger partial charge in [0.05, 0.1) is 0 Å². The summed E-state index contributed by atoms with van der Waals surface area (Å²) in [6, 6.07) is 1.78. The van der Waals surface area contributed by atoms with Crippen molar-refractivity contribution < 1.29 is 10.2 Å². The van der Waals surface area contributed by atoms with E-state index in [1.807, 2.05) is 6.92 Å². The number of phenols is 2. The molecule has 1 aromatic rings. The summed E-state index contributed by atoms with van der Waals surface area (Å²) in [6.07, 6.45) is 9.98. The molecule has 114 valence electrons. The second kappa shape index (κ2) is 8.89. The van der Waals surface area contributed by atoms with Crippen molar-refractivity contribution in [3.05, 3.63) is 22.8 Å². The molecule has 0 aromatic heterocycles. The molecule has 2 N–H and O–H groups in total. The van der Waals surface area contributed by atoms with Crippen LogP contribution in [0.3, 0.4) is 0 Å². The average Bonchev–Trinajstić information content (AvgIpc) is 2.44. The first-order valence-electron chi connectivity index (χ1n) is 8.21. The van der Waals surface area contributed by atoms with Crippen LogP contribution >= 0.6 is 0 Å². The fraction of sp³-hybridized carbons (Fsp3) is 0.667. The van der Waals surface area contributed by atoms with Gasteiger partial charge in [0.15, 0.2) is 11.5 Å². The number of phenolic OH excluding ortho intramolecular Hbond substituents is 2. The van der Waals surface area contributed by atoms with Gasteiger partial charge in [-0.25, -0.2) is 0 Å². The van der Waals surface area contributed by atoms with Gasteiger partial charge in [0, 0.05) is 5.56 Å². The fourth-order valence-electron chi connectivity index (χ4n) is 2.84. The Morgan fingerprint density at radius 1 is 0.800 bits per heavy atom. The van der Waals surface area contributed by atoms with Crippen molar-refractivity contribution in [2.75, 3.05) is 0 Å². The maximum Gasteiger partial charge on any atom is 0.160 e. The van der Waals surface area contributed by atoms with Gasteiger partial charge in [-0.15, -0.1) is 0 Å². The molecule has 2 nitrogen and oxygen atoms in total. The summed E-state index contributed by atoms with van der Waals surface area (Å²) in [4.78, 5) is 0. The Bertz CT molecular complexity index is 410. The van der Waals surface area contributed by atoms with Gasteiger partial charge in [-0.05, 0) is 49.3 Å². The van der Waals surface area contributed by atoms with E-state index in [0.717, 1.165) is 37.7 Å². The third kappa shape index (κ3) is 4.43. The van der Waals surface area contributed by atoms with Gasteiger partial charge in [0.2, 0.25) is 0 Å². The topological polar surface area (TPSA) is 40.5 Å². The van der Waals surface area contributed by atoms with Crippen molar-refractivity contribution in [2.24, 2.45) is 0 Å². The molecule has 0 spiro atoms. The Morgan fingerprint density at radius 3 is 1.95 bits per heavy atom. The Morgan fingerprint density at radius 2 is 1.40 bits per heavy atom. The minimum atomic E-state index is 0.0487. The van der Waals surface area contributed by atoms with Crippen molar-refractivity contribution in [3.8, 4) is 11.5 Å². The number of hydrogen-bond donors (Lipinski definition) is 2. The zero-order valence-corrected chi connectivity index (χ0v) is 13.3. The summed E-state index contributed by atoms with van der Waals surface area (Å²) >= 11 is 0. The first kappa shape index (κ1) is 16.9. The van der Waals surface area contributed by atoms with E-state index in [-0.39, 0.29) is 11.5 Å². The maximum absolute atomic E-state index is 10.1. The first-order valence-corrected chi connectivity index (χ1v) is 8.21. The molecule has 0 bridgehead atoms. The highest BCUT2D eigenvalue weighted by Crippen LogP contribution is 2.36. The lowest BCUT2D eigenvalue weighted by atomic mass is 9.90. The molecular formula is C18H30O2. The SMILES string of the molecule is CCCCCc1cc(O)c(O)c(CC)c1CCCCC. The second-order valence-electron chi connectivity index (χ2n) is 5.63. The molecule has 0 aliphatic rings. The average molecular weight is 278 g/mol. The van der Waals surface area contributed by atoms with Gasteiger partial charge >= 0.3 is 0 Å². The number of benzene rings is 1. The van der Waals surface area contributed by atoms with Crippen LogP contribution in [0.1, 0.15) is 76.0 Å². The van der Waals surface area contributed by atoms with E-state index in [4.69, 9.17) is 0 Å². The quantitative estimate of drug-likeness (QED) is 0.486. The molecule has 0 aliphatic heterocycles. The third-order valence-electron chi connectivity index (χ3n) is 4.02. The normalized spacial score (nSPS) is 10.9. The zero-order valence-electron chi connectivity index (χ0n) is 13.3. The smallest absolute Gasteiger partial charge is 0.160 e. The van der Waals surface area contributed by atoms with E-state index in [1.165, 1.54) is 36.8 Å². The molecule has 0 saturated heterocycles. The van der Waals surface area contributed by atoms with E-state index >= 15 is 0 Å². The van der Waals surface area contributed by atoms with Crippen LogP contribution in [0.25, 0.3) is 0 Å². The lowest BCUT2D eigenvalue weighted by Gasteiger charge is -2.17. The Hall–Kier alpha value is -1.18. The molecule has 0 atom stereocenters. The Balaban J connectivity index is 3.01. The molecule has 20 heavy (non-hydrogen) atoms. The zero-order chi connectivity index (χ0) is 15.0. The molecular weight excluding hydrogens is 248 g/mol. The third-order valence-corrected chi connectivity index (χ3v) is 4.02. The monoisotopic (exact) mass is 278 g/mol. The minimum absolute atomic E-state index is 0.0487. The number of unbranched alkanes of at least 4 members (excludes halogenated alkanes) is 4. The maximum atomic E-state index is 10.1. The van der Waals surface area contributed by atoms with Gasteiger partial charge in [0.1, 0.15) is 0 Å². The molecule has 2 heteroatoms. The summed E-state index contributed by atoms with van der Waals surface area (Å²) in [5.41, 5.74) is 3.47. The number of rotatable bonds is 9. The van der Waals surface area contributed by atoms with Crippen molar-refractivity contribution in [2.45, 2.75) is 78.6 Å². The van der Waals surface area contributed by atoms with Gasteiger partial charge in [-0.1, -0.05) is 46.5 Å². The fourth-order valence-corrected chi connectivity index (χ4v) is 2.84. The molecule has 0 aliphatic carbocycles. The van der Waals surface area contributed by atoms with Crippen LogP contribution < -0.4 is 0 Å².